The largest absolute Gasteiger partial charge is 0.481 e. The van der Waals surface area contributed by atoms with E-state index < -0.39 is 0 Å². The van der Waals surface area contributed by atoms with Gasteiger partial charge in [0.25, 0.3) is 0 Å². The molecule has 2 rings (SSSR count). The Morgan fingerprint density at radius 3 is 2.85 bits per heavy atom. The zero-order valence-corrected chi connectivity index (χ0v) is 11.9. The normalized spacial score (nSPS) is 12.3. The first kappa shape index (κ1) is 14.5. The van der Waals surface area contributed by atoms with Gasteiger partial charge in [0.15, 0.2) is 0 Å². The van der Waals surface area contributed by atoms with Crippen LogP contribution in [0.2, 0.25) is 0 Å². The van der Waals surface area contributed by atoms with E-state index in [1.165, 1.54) is 0 Å². The minimum Gasteiger partial charge on any atom is -0.481 e. The quantitative estimate of drug-likeness (QED) is 0.590. The molecule has 1 atom stereocenters. The van der Waals surface area contributed by atoms with Crippen molar-refractivity contribution in [3.05, 3.63) is 41.9 Å². The molecule has 3 N–H and O–H groups in total. The summed E-state index contributed by atoms with van der Waals surface area (Å²) in [7, 11) is 1.61. The first-order valence-corrected chi connectivity index (χ1v) is 6.74. The van der Waals surface area contributed by atoms with Crippen molar-refractivity contribution in [1.29, 1.82) is 0 Å². The molecule has 0 fully saturated rings. The van der Waals surface area contributed by atoms with E-state index in [0.29, 0.717) is 5.88 Å². The number of hydrogen-bond acceptors (Lipinski definition) is 5. The van der Waals surface area contributed by atoms with Gasteiger partial charge in [-0.15, -0.1) is 0 Å². The van der Waals surface area contributed by atoms with Crippen LogP contribution < -0.4 is 16.0 Å². The summed E-state index contributed by atoms with van der Waals surface area (Å²) < 4.78 is 6.99. The number of ether oxygens (including phenoxy) is 1. The van der Waals surface area contributed by atoms with Gasteiger partial charge in [-0.1, -0.05) is 13.0 Å². The van der Waals surface area contributed by atoms with Gasteiger partial charge in [-0.3, -0.25) is 16.0 Å². The predicted molar refractivity (Wildman–Crippen MR) is 77.1 cm³/mol. The Morgan fingerprint density at radius 1 is 1.40 bits per heavy atom. The molecule has 2 heterocycles. The number of hydrogen-bond donors (Lipinski definition) is 2. The molecule has 0 aliphatic rings. The molecule has 2 aromatic heterocycles. The summed E-state index contributed by atoms with van der Waals surface area (Å²) in [6.07, 6.45) is 7.51. The van der Waals surface area contributed by atoms with E-state index in [9.17, 15) is 0 Å². The molecule has 1 unspecified atom stereocenters. The van der Waals surface area contributed by atoms with Crippen molar-refractivity contribution in [3.8, 4) is 5.88 Å². The third kappa shape index (κ3) is 3.55. The Labute approximate surface area is 118 Å². The number of nitrogens with zero attached hydrogens (tertiary/aromatic N) is 3. The molecule has 0 aliphatic carbocycles. The topological polar surface area (TPSA) is 78.0 Å². The minimum absolute atomic E-state index is 0.0239. The van der Waals surface area contributed by atoms with Crippen LogP contribution in [0.4, 0.5) is 0 Å². The first-order valence-electron chi connectivity index (χ1n) is 6.74. The van der Waals surface area contributed by atoms with E-state index in [0.717, 1.165) is 30.5 Å². The number of hydrazine groups is 1. The van der Waals surface area contributed by atoms with Gasteiger partial charge in [-0.25, -0.2) is 4.98 Å². The first-order chi connectivity index (χ1) is 9.76. The Bertz CT molecular complexity index is 523. The molecule has 0 aromatic carbocycles. The van der Waals surface area contributed by atoms with Gasteiger partial charge >= 0.3 is 0 Å². The molecule has 2 aromatic rings. The highest BCUT2D eigenvalue weighted by Crippen LogP contribution is 2.18. The van der Waals surface area contributed by atoms with Crippen LogP contribution in [0.5, 0.6) is 5.88 Å². The SMILES string of the molecule is CCCn1cc(C(Cc2ccc(OC)nc2)NN)cn1. The number of nitrogens with two attached hydrogens (primary N) is 1. The summed E-state index contributed by atoms with van der Waals surface area (Å²) >= 11 is 0. The molecule has 6 nitrogen and oxygen atoms in total. The van der Waals surface area contributed by atoms with Crippen LogP contribution in [0.3, 0.4) is 0 Å². The smallest absolute Gasteiger partial charge is 0.212 e. The summed E-state index contributed by atoms with van der Waals surface area (Å²) in [6, 6.07) is 3.87. The molecule has 0 amide bonds. The maximum absolute atomic E-state index is 5.66. The van der Waals surface area contributed by atoms with Gasteiger partial charge in [0.05, 0.1) is 19.3 Å². The van der Waals surface area contributed by atoms with Crippen LogP contribution in [0.25, 0.3) is 0 Å². The molecular formula is C14H21N5O. The van der Waals surface area contributed by atoms with Crippen LogP contribution >= 0.6 is 0 Å². The number of pyridine rings is 1. The Balaban J connectivity index is 2.06. The van der Waals surface area contributed by atoms with Gasteiger partial charge in [0.2, 0.25) is 5.88 Å². The van der Waals surface area contributed by atoms with Gasteiger partial charge in [-0.2, -0.15) is 5.10 Å². The number of rotatable bonds is 7. The minimum atomic E-state index is 0.0239. The standard InChI is InChI=1S/C14H21N5O/c1-3-6-19-10-12(9-17-19)13(18-15)7-11-4-5-14(20-2)16-8-11/h4-5,8-10,13,18H,3,6-7,15H2,1-2H3. The van der Waals surface area contributed by atoms with E-state index in [4.69, 9.17) is 10.6 Å². The van der Waals surface area contributed by atoms with Crippen LogP contribution in [0.15, 0.2) is 30.7 Å². The highest BCUT2D eigenvalue weighted by molar-refractivity contribution is 5.21. The lowest BCUT2D eigenvalue weighted by Crippen LogP contribution is -2.29. The van der Waals surface area contributed by atoms with Gasteiger partial charge in [0, 0.05) is 30.6 Å². The van der Waals surface area contributed by atoms with Crippen molar-refractivity contribution in [1.82, 2.24) is 20.2 Å². The van der Waals surface area contributed by atoms with E-state index in [1.807, 2.05) is 29.2 Å². The molecule has 0 saturated carbocycles. The molecular weight excluding hydrogens is 254 g/mol. The van der Waals surface area contributed by atoms with Crippen molar-refractivity contribution in [2.75, 3.05) is 7.11 Å². The second-order valence-corrected chi connectivity index (χ2v) is 4.67. The highest BCUT2D eigenvalue weighted by Gasteiger charge is 2.13. The van der Waals surface area contributed by atoms with Crippen molar-refractivity contribution >= 4 is 0 Å². The average molecular weight is 275 g/mol. The molecule has 6 heteroatoms. The molecule has 0 aliphatic heterocycles. The second-order valence-electron chi connectivity index (χ2n) is 4.67. The third-order valence-corrected chi connectivity index (χ3v) is 3.16. The summed E-state index contributed by atoms with van der Waals surface area (Å²) in [5.41, 5.74) is 5.01. The maximum Gasteiger partial charge on any atom is 0.212 e. The molecule has 0 saturated heterocycles. The van der Waals surface area contributed by atoms with Gasteiger partial charge in [0.1, 0.15) is 0 Å². The summed E-state index contributed by atoms with van der Waals surface area (Å²) in [5.74, 6) is 6.27. The number of aryl methyl sites for hydroxylation is 1. The average Bonchev–Trinajstić information content (AvgIpc) is 2.94. The molecule has 0 bridgehead atoms. The predicted octanol–water partition coefficient (Wildman–Crippen LogP) is 1.44. The Morgan fingerprint density at radius 2 is 2.25 bits per heavy atom. The number of methoxy groups -OCH3 is 1. The summed E-state index contributed by atoms with van der Waals surface area (Å²) in [6.45, 7) is 3.05. The lowest BCUT2D eigenvalue weighted by Gasteiger charge is -2.14. The molecule has 108 valence electrons. The monoisotopic (exact) mass is 275 g/mol. The molecule has 0 spiro atoms. The van der Waals surface area contributed by atoms with Crippen molar-refractivity contribution in [2.24, 2.45) is 5.84 Å². The highest BCUT2D eigenvalue weighted by atomic mass is 16.5. The van der Waals surface area contributed by atoms with Crippen LogP contribution in [-0.4, -0.2) is 21.9 Å². The van der Waals surface area contributed by atoms with Crippen LogP contribution in [0, 0.1) is 0 Å². The van der Waals surface area contributed by atoms with E-state index in [1.54, 1.807) is 13.3 Å². The van der Waals surface area contributed by atoms with Crippen LogP contribution in [-0.2, 0) is 13.0 Å². The van der Waals surface area contributed by atoms with Gasteiger partial charge < -0.3 is 4.74 Å². The summed E-state index contributed by atoms with van der Waals surface area (Å²) in [5, 5.41) is 4.33. The van der Waals surface area contributed by atoms with Crippen molar-refractivity contribution < 1.29 is 4.74 Å². The van der Waals surface area contributed by atoms with E-state index in [-0.39, 0.29) is 6.04 Å². The Hall–Kier alpha value is -1.92. The zero-order valence-electron chi connectivity index (χ0n) is 11.9. The fourth-order valence-corrected chi connectivity index (χ4v) is 2.07. The third-order valence-electron chi connectivity index (χ3n) is 3.16. The van der Waals surface area contributed by atoms with E-state index >= 15 is 0 Å². The lowest BCUT2D eigenvalue weighted by molar-refractivity contribution is 0.397. The lowest BCUT2D eigenvalue weighted by atomic mass is 10.0. The van der Waals surface area contributed by atoms with E-state index in [2.05, 4.69) is 22.4 Å². The van der Waals surface area contributed by atoms with Gasteiger partial charge in [-0.05, 0) is 18.4 Å². The number of nitrogens with one attached hydrogen (secondary N) is 1. The number of aromatic nitrogens is 3. The fraction of sp³-hybridized carbons (Fsp3) is 0.429. The second kappa shape index (κ2) is 7.02. The summed E-state index contributed by atoms with van der Waals surface area (Å²) in [4.78, 5) is 4.20. The fourth-order valence-electron chi connectivity index (χ4n) is 2.07. The Kier molecular flexibility index (Phi) is 5.09. The maximum atomic E-state index is 5.66. The zero-order chi connectivity index (χ0) is 14.4. The van der Waals surface area contributed by atoms with Crippen LogP contribution in [0.1, 0.15) is 30.5 Å². The van der Waals surface area contributed by atoms with Crippen molar-refractivity contribution in [2.45, 2.75) is 32.4 Å². The molecule has 0 radical (unpaired) electrons. The van der Waals surface area contributed by atoms with Crippen molar-refractivity contribution in [3.63, 3.8) is 0 Å². The molecule has 20 heavy (non-hydrogen) atoms.